The van der Waals surface area contributed by atoms with Gasteiger partial charge in [-0.15, -0.1) is 0 Å². The number of nitrogens with one attached hydrogen (secondary N) is 1. The van der Waals surface area contributed by atoms with Crippen molar-refractivity contribution in [2.75, 3.05) is 5.73 Å². The molecule has 1 aromatic heterocycles. The highest BCUT2D eigenvalue weighted by atomic mass is 15.0. The number of H-pyrrole nitrogens is 1. The van der Waals surface area contributed by atoms with E-state index >= 15 is 0 Å². The molecule has 1 unspecified atom stereocenters. The van der Waals surface area contributed by atoms with E-state index < -0.39 is 0 Å². The van der Waals surface area contributed by atoms with Gasteiger partial charge in [0, 0.05) is 11.3 Å². The number of nitrogens with zero attached hydrogens (tertiary/aromatic N) is 1. The highest BCUT2D eigenvalue weighted by molar-refractivity contribution is 5.70. The first-order chi connectivity index (χ1) is 7.25. The van der Waals surface area contributed by atoms with Gasteiger partial charge in [-0.25, -0.2) is 4.98 Å². The summed E-state index contributed by atoms with van der Waals surface area (Å²) < 4.78 is 0. The van der Waals surface area contributed by atoms with Crippen LogP contribution in [0.15, 0.2) is 24.3 Å². The van der Waals surface area contributed by atoms with Crippen molar-refractivity contribution in [3.05, 3.63) is 35.5 Å². The highest BCUT2D eigenvalue weighted by Gasteiger charge is 2.23. The van der Waals surface area contributed by atoms with Crippen LogP contribution in [-0.2, 0) is 6.42 Å². The lowest BCUT2D eigenvalue weighted by Crippen LogP contribution is -2.07. The summed E-state index contributed by atoms with van der Waals surface area (Å²) in [5.41, 5.74) is 10.5. The lowest BCUT2D eigenvalue weighted by Gasteiger charge is -2.21. The normalized spacial score (nSPS) is 18.3. The maximum absolute atomic E-state index is 5.69. The van der Waals surface area contributed by atoms with Gasteiger partial charge in [0.1, 0.15) is 0 Å². The topological polar surface area (TPSA) is 54.7 Å². The van der Waals surface area contributed by atoms with Crippen LogP contribution in [0.4, 0.5) is 5.95 Å². The molecule has 3 heteroatoms. The smallest absolute Gasteiger partial charge is 0.198 e. The Balaban J connectivity index is 2.29. The van der Waals surface area contributed by atoms with Crippen molar-refractivity contribution >= 4 is 5.95 Å². The Morgan fingerprint density at radius 2 is 2.20 bits per heavy atom. The number of aromatic amines is 1. The average Bonchev–Trinajstić information content (AvgIpc) is 2.59. The molecule has 1 aromatic carbocycles. The van der Waals surface area contributed by atoms with Gasteiger partial charge in [-0.1, -0.05) is 31.2 Å². The largest absolute Gasteiger partial charge is 0.369 e. The molecule has 0 spiro atoms. The number of benzene rings is 1. The van der Waals surface area contributed by atoms with Crippen LogP contribution >= 0.6 is 0 Å². The predicted octanol–water partition coefficient (Wildman–Crippen LogP) is 2.32. The second-order valence-electron chi connectivity index (χ2n) is 4.14. The van der Waals surface area contributed by atoms with Crippen molar-refractivity contribution in [2.45, 2.75) is 19.3 Å². The van der Waals surface area contributed by atoms with E-state index in [4.69, 9.17) is 5.73 Å². The molecule has 1 atom stereocenters. The second-order valence-corrected chi connectivity index (χ2v) is 4.14. The van der Waals surface area contributed by atoms with Crippen molar-refractivity contribution in [3.8, 4) is 11.3 Å². The molecule has 0 radical (unpaired) electrons. The fraction of sp³-hybridized carbons (Fsp3) is 0.250. The van der Waals surface area contributed by atoms with Crippen LogP contribution in [0, 0.1) is 0 Å². The first-order valence-electron chi connectivity index (χ1n) is 5.19. The van der Waals surface area contributed by atoms with Gasteiger partial charge >= 0.3 is 0 Å². The lowest BCUT2D eigenvalue weighted by molar-refractivity contribution is 0.734. The van der Waals surface area contributed by atoms with Crippen LogP contribution in [0.5, 0.6) is 0 Å². The van der Waals surface area contributed by atoms with Gasteiger partial charge in [0.2, 0.25) is 0 Å². The Morgan fingerprint density at radius 3 is 3.07 bits per heavy atom. The molecular weight excluding hydrogens is 186 g/mol. The van der Waals surface area contributed by atoms with E-state index in [1.165, 1.54) is 16.8 Å². The number of nitrogens with two attached hydrogens (primary N) is 1. The summed E-state index contributed by atoms with van der Waals surface area (Å²) >= 11 is 0. The van der Waals surface area contributed by atoms with Gasteiger partial charge in [0.25, 0.3) is 0 Å². The summed E-state index contributed by atoms with van der Waals surface area (Å²) in [5, 5.41) is 0. The van der Waals surface area contributed by atoms with Crippen molar-refractivity contribution in [1.82, 2.24) is 9.97 Å². The van der Waals surface area contributed by atoms with Crippen molar-refractivity contribution in [3.63, 3.8) is 0 Å². The number of hydrogen-bond donors (Lipinski definition) is 2. The molecule has 15 heavy (non-hydrogen) atoms. The molecule has 1 aliphatic rings. The van der Waals surface area contributed by atoms with Crippen molar-refractivity contribution < 1.29 is 0 Å². The van der Waals surface area contributed by atoms with Crippen LogP contribution in [0.25, 0.3) is 11.3 Å². The van der Waals surface area contributed by atoms with E-state index in [2.05, 4.69) is 35.1 Å². The maximum Gasteiger partial charge on any atom is 0.198 e. The molecule has 1 aliphatic carbocycles. The molecule has 0 aliphatic heterocycles. The molecular formula is C12H13N3. The first kappa shape index (κ1) is 8.53. The van der Waals surface area contributed by atoms with Crippen molar-refractivity contribution in [2.24, 2.45) is 0 Å². The molecule has 76 valence electrons. The minimum atomic E-state index is 0.518. The van der Waals surface area contributed by atoms with Crippen LogP contribution < -0.4 is 5.73 Å². The number of nitrogen functional groups attached to an aromatic ring is 1. The van der Waals surface area contributed by atoms with Crippen LogP contribution in [0.2, 0.25) is 0 Å². The first-order valence-corrected chi connectivity index (χ1v) is 5.19. The third kappa shape index (κ3) is 1.16. The van der Waals surface area contributed by atoms with E-state index in [0.29, 0.717) is 11.9 Å². The number of aromatic nitrogens is 2. The lowest BCUT2D eigenvalue weighted by atomic mass is 9.85. The van der Waals surface area contributed by atoms with Crippen LogP contribution in [0.3, 0.4) is 0 Å². The fourth-order valence-electron chi connectivity index (χ4n) is 2.36. The highest BCUT2D eigenvalue weighted by Crippen LogP contribution is 2.38. The standard InChI is InChI=1S/C12H13N3/c1-7-6-10-11(15-12(13)14-10)9-5-3-2-4-8(7)9/h2-5,7H,6H2,1H3,(H3,13,14,15). The zero-order chi connectivity index (χ0) is 10.4. The number of rotatable bonds is 0. The number of anilines is 1. The molecule has 3 nitrogen and oxygen atoms in total. The maximum atomic E-state index is 5.69. The molecule has 0 saturated carbocycles. The summed E-state index contributed by atoms with van der Waals surface area (Å²) in [5.74, 6) is 1.05. The molecule has 1 heterocycles. The zero-order valence-corrected chi connectivity index (χ0v) is 8.62. The quantitative estimate of drug-likeness (QED) is 0.684. The Hall–Kier alpha value is -1.77. The Labute approximate surface area is 88.3 Å². The monoisotopic (exact) mass is 199 g/mol. The van der Waals surface area contributed by atoms with E-state index in [-0.39, 0.29) is 0 Å². The Bertz CT molecular complexity index is 513. The molecule has 0 saturated heterocycles. The van der Waals surface area contributed by atoms with Gasteiger partial charge < -0.3 is 10.7 Å². The molecule has 3 N–H and O–H groups in total. The van der Waals surface area contributed by atoms with Gasteiger partial charge in [0.15, 0.2) is 5.95 Å². The minimum Gasteiger partial charge on any atom is -0.369 e. The van der Waals surface area contributed by atoms with Crippen molar-refractivity contribution in [1.29, 1.82) is 0 Å². The minimum absolute atomic E-state index is 0.518. The number of fused-ring (bicyclic) bond motifs is 3. The van der Waals surface area contributed by atoms with Gasteiger partial charge in [-0.3, -0.25) is 0 Å². The van der Waals surface area contributed by atoms with Gasteiger partial charge in [-0.05, 0) is 17.9 Å². The summed E-state index contributed by atoms with van der Waals surface area (Å²) in [6.07, 6.45) is 0.997. The number of imidazole rings is 1. The van der Waals surface area contributed by atoms with E-state index in [1.54, 1.807) is 0 Å². The summed E-state index contributed by atoms with van der Waals surface area (Å²) in [6, 6.07) is 8.42. The third-order valence-corrected chi connectivity index (χ3v) is 3.05. The average molecular weight is 199 g/mol. The molecule has 0 fully saturated rings. The van der Waals surface area contributed by atoms with E-state index in [0.717, 1.165) is 12.1 Å². The summed E-state index contributed by atoms with van der Waals surface area (Å²) in [4.78, 5) is 7.48. The molecule has 0 amide bonds. The van der Waals surface area contributed by atoms with Gasteiger partial charge in [0.05, 0.1) is 5.69 Å². The molecule has 0 bridgehead atoms. The SMILES string of the molecule is CC1Cc2[nH]c(N)nc2-c2ccccc21. The molecule has 2 aromatic rings. The summed E-state index contributed by atoms with van der Waals surface area (Å²) in [7, 11) is 0. The van der Waals surface area contributed by atoms with Crippen LogP contribution in [-0.4, -0.2) is 9.97 Å². The fourth-order valence-corrected chi connectivity index (χ4v) is 2.36. The Morgan fingerprint density at radius 1 is 1.40 bits per heavy atom. The summed E-state index contributed by atoms with van der Waals surface area (Å²) in [6.45, 7) is 2.23. The predicted molar refractivity (Wildman–Crippen MR) is 60.6 cm³/mol. The van der Waals surface area contributed by atoms with Crippen LogP contribution in [0.1, 0.15) is 24.1 Å². The molecule has 3 rings (SSSR count). The second kappa shape index (κ2) is 2.86. The number of hydrogen-bond acceptors (Lipinski definition) is 2. The Kier molecular flexibility index (Phi) is 1.63. The van der Waals surface area contributed by atoms with E-state index in [9.17, 15) is 0 Å². The van der Waals surface area contributed by atoms with Gasteiger partial charge in [-0.2, -0.15) is 0 Å². The third-order valence-electron chi connectivity index (χ3n) is 3.05. The van der Waals surface area contributed by atoms with E-state index in [1.807, 2.05) is 6.07 Å². The zero-order valence-electron chi connectivity index (χ0n) is 8.62.